The Kier molecular flexibility index (Phi) is 5.21. The van der Waals surface area contributed by atoms with Crippen LogP contribution < -0.4 is 5.32 Å². The van der Waals surface area contributed by atoms with Gasteiger partial charge in [0.15, 0.2) is 0 Å². The van der Waals surface area contributed by atoms with Gasteiger partial charge >= 0.3 is 0 Å². The Morgan fingerprint density at radius 2 is 1.95 bits per heavy atom. The molecule has 0 aliphatic rings. The lowest BCUT2D eigenvalue weighted by atomic mass is 10.1. The maximum atomic E-state index is 12.2. The number of anilines is 1. The predicted octanol–water partition coefficient (Wildman–Crippen LogP) is 4.85. The maximum Gasteiger partial charge on any atom is 0.266 e. The van der Waals surface area contributed by atoms with Crippen LogP contribution >= 0.6 is 23.2 Å². The fourth-order valence-corrected chi connectivity index (χ4v) is 2.22. The van der Waals surface area contributed by atoms with E-state index >= 15 is 0 Å². The number of hydrogen-bond acceptors (Lipinski definition) is 2. The predicted molar refractivity (Wildman–Crippen MR) is 89.9 cm³/mol. The molecule has 0 saturated heterocycles. The van der Waals surface area contributed by atoms with Crippen molar-refractivity contribution in [3.63, 3.8) is 0 Å². The molecule has 0 unspecified atom stereocenters. The number of carbonyl (C=O) groups is 1. The molecular weight excluding hydrogens is 319 g/mol. The average molecular weight is 331 g/mol. The number of rotatable bonds is 3. The highest BCUT2D eigenvalue weighted by atomic mass is 35.5. The monoisotopic (exact) mass is 330 g/mol. The van der Waals surface area contributed by atoms with Gasteiger partial charge in [-0.25, -0.2) is 0 Å². The third-order valence-corrected chi connectivity index (χ3v) is 3.76. The molecule has 0 heterocycles. The first-order chi connectivity index (χ1) is 10.5. The average Bonchev–Trinajstić information content (AvgIpc) is 2.48. The number of carbonyl (C=O) groups excluding carboxylic acids is 1. The Morgan fingerprint density at radius 1 is 1.23 bits per heavy atom. The van der Waals surface area contributed by atoms with E-state index < -0.39 is 5.91 Å². The fraction of sp³-hybridized carbons (Fsp3) is 0.0588. The molecule has 0 fully saturated rings. The Hall–Kier alpha value is -2.28. The largest absolute Gasteiger partial charge is 0.321 e. The Balaban J connectivity index is 2.28. The number of benzene rings is 2. The van der Waals surface area contributed by atoms with Crippen molar-refractivity contribution >= 4 is 40.9 Å². The summed E-state index contributed by atoms with van der Waals surface area (Å²) in [6.07, 6.45) is 1.42. The second-order valence-electron chi connectivity index (χ2n) is 4.64. The molecule has 0 saturated carbocycles. The van der Waals surface area contributed by atoms with Crippen molar-refractivity contribution in [2.75, 3.05) is 5.32 Å². The fourth-order valence-electron chi connectivity index (χ4n) is 1.86. The molecule has 5 heteroatoms. The molecule has 0 aliphatic heterocycles. The van der Waals surface area contributed by atoms with E-state index in [0.717, 1.165) is 5.56 Å². The number of nitriles is 1. The summed E-state index contributed by atoms with van der Waals surface area (Å²) in [5, 5.41) is 12.6. The van der Waals surface area contributed by atoms with E-state index in [1.807, 2.05) is 31.2 Å². The smallest absolute Gasteiger partial charge is 0.266 e. The Labute approximate surface area is 138 Å². The van der Waals surface area contributed by atoms with E-state index in [2.05, 4.69) is 5.32 Å². The van der Waals surface area contributed by atoms with Gasteiger partial charge in [-0.2, -0.15) is 5.26 Å². The quantitative estimate of drug-likeness (QED) is 0.646. The van der Waals surface area contributed by atoms with Gasteiger partial charge in [0.05, 0.1) is 10.0 Å². The van der Waals surface area contributed by atoms with E-state index in [4.69, 9.17) is 23.2 Å². The summed E-state index contributed by atoms with van der Waals surface area (Å²) >= 11 is 12.0. The van der Waals surface area contributed by atoms with Crippen molar-refractivity contribution in [3.8, 4) is 6.07 Å². The molecule has 0 aromatic heterocycles. The van der Waals surface area contributed by atoms with Crippen LogP contribution in [0.1, 0.15) is 11.1 Å². The van der Waals surface area contributed by atoms with E-state index in [1.54, 1.807) is 24.3 Å². The number of nitrogens with zero attached hydrogens (tertiary/aromatic N) is 1. The van der Waals surface area contributed by atoms with Gasteiger partial charge in [0.2, 0.25) is 0 Å². The molecule has 0 aliphatic carbocycles. The molecule has 2 rings (SSSR count). The molecule has 2 aromatic rings. The van der Waals surface area contributed by atoms with Gasteiger partial charge in [-0.3, -0.25) is 4.79 Å². The SMILES string of the molecule is Cc1cccc(NC(=O)/C(C#N)=C/c2cccc(Cl)c2Cl)c1. The lowest BCUT2D eigenvalue weighted by molar-refractivity contribution is -0.112. The van der Waals surface area contributed by atoms with Crippen LogP contribution in [0, 0.1) is 18.3 Å². The highest BCUT2D eigenvalue weighted by Gasteiger charge is 2.11. The number of aryl methyl sites for hydroxylation is 1. The van der Waals surface area contributed by atoms with Gasteiger partial charge in [-0.1, -0.05) is 47.5 Å². The zero-order chi connectivity index (χ0) is 16.1. The minimum atomic E-state index is -0.496. The van der Waals surface area contributed by atoms with Gasteiger partial charge in [0.1, 0.15) is 11.6 Å². The molecule has 0 spiro atoms. The minimum absolute atomic E-state index is 0.0503. The summed E-state index contributed by atoms with van der Waals surface area (Å²) in [6.45, 7) is 1.92. The standard InChI is InChI=1S/C17H12Cl2N2O/c1-11-4-2-6-14(8-11)21-17(22)13(10-20)9-12-5-3-7-15(18)16(12)19/h2-9H,1H3,(H,21,22)/b13-9+. The van der Waals surface area contributed by atoms with E-state index in [9.17, 15) is 10.1 Å². The van der Waals surface area contributed by atoms with Crippen molar-refractivity contribution in [2.45, 2.75) is 6.92 Å². The van der Waals surface area contributed by atoms with E-state index in [0.29, 0.717) is 21.3 Å². The molecule has 0 radical (unpaired) electrons. The van der Waals surface area contributed by atoms with Gasteiger partial charge < -0.3 is 5.32 Å². The molecule has 22 heavy (non-hydrogen) atoms. The highest BCUT2D eigenvalue weighted by molar-refractivity contribution is 6.43. The van der Waals surface area contributed by atoms with Gasteiger partial charge in [0.25, 0.3) is 5.91 Å². The summed E-state index contributed by atoms with van der Waals surface area (Å²) in [4.78, 5) is 12.2. The second-order valence-corrected chi connectivity index (χ2v) is 5.42. The van der Waals surface area contributed by atoms with Crippen LogP contribution in [0.3, 0.4) is 0 Å². The molecule has 0 atom stereocenters. The van der Waals surface area contributed by atoms with Gasteiger partial charge in [0, 0.05) is 5.69 Å². The summed E-state index contributed by atoms with van der Waals surface area (Å²) < 4.78 is 0. The first-order valence-corrected chi connectivity index (χ1v) is 7.20. The second kappa shape index (κ2) is 7.13. The topological polar surface area (TPSA) is 52.9 Å². The Bertz CT molecular complexity index is 791. The van der Waals surface area contributed by atoms with Crippen molar-refractivity contribution in [2.24, 2.45) is 0 Å². The zero-order valence-electron chi connectivity index (χ0n) is 11.7. The number of halogens is 2. The maximum absolute atomic E-state index is 12.2. The minimum Gasteiger partial charge on any atom is -0.321 e. The van der Waals surface area contributed by atoms with Crippen molar-refractivity contribution in [3.05, 3.63) is 69.2 Å². The lowest BCUT2D eigenvalue weighted by Gasteiger charge is -2.06. The van der Waals surface area contributed by atoms with Crippen LogP contribution in [-0.4, -0.2) is 5.91 Å². The number of hydrogen-bond donors (Lipinski definition) is 1. The Morgan fingerprint density at radius 3 is 2.64 bits per heavy atom. The molecule has 3 nitrogen and oxygen atoms in total. The first-order valence-electron chi connectivity index (χ1n) is 6.45. The first kappa shape index (κ1) is 16.1. The van der Waals surface area contributed by atoms with Crippen molar-refractivity contribution in [1.82, 2.24) is 0 Å². The lowest BCUT2D eigenvalue weighted by Crippen LogP contribution is -2.13. The summed E-state index contributed by atoms with van der Waals surface area (Å²) in [6, 6.07) is 14.2. The van der Waals surface area contributed by atoms with Gasteiger partial charge in [-0.05, 0) is 42.3 Å². The summed E-state index contributed by atoms with van der Waals surface area (Å²) in [5.74, 6) is -0.496. The molecule has 1 amide bonds. The van der Waals surface area contributed by atoms with Crippen LogP contribution in [-0.2, 0) is 4.79 Å². The molecular formula is C17H12Cl2N2O. The van der Waals surface area contributed by atoms with Crippen molar-refractivity contribution < 1.29 is 4.79 Å². The van der Waals surface area contributed by atoms with Crippen molar-refractivity contribution in [1.29, 1.82) is 5.26 Å². The normalized spacial score (nSPS) is 10.9. The molecule has 110 valence electrons. The third-order valence-electron chi connectivity index (χ3n) is 2.92. The zero-order valence-corrected chi connectivity index (χ0v) is 13.2. The summed E-state index contributed by atoms with van der Waals surface area (Å²) in [7, 11) is 0. The van der Waals surface area contributed by atoms with Gasteiger partial charge in [-0.15, -0.1) is 0 Å². The van der Waals surface area contributed by atoms with E-state index in [1.165, 1.54) is 6.08 Å². The highest BCUT2D eigenvalue weighted by Crippen LogP contribution is 2.27. The summed E-state index contributed by atoms with van der Waals surface area (Å²) in [5.41, 5.74) is 2.11. The van der Waals surface area contributed by atoms with Crippen LogP contribution in [0.4, 0.5) is 5.69 Å². The number of amides is 1. The van der Waals surface area contributed by atoms with Crippen LogP contribution in [0.2, 0.25) is 10.0 Å². The molecule has 0 bridgehead atoms. The third kappa shape index (κ3) is 3.88. The van der Waals surface area contributed by atoms with Crippen LogP contribution in [0.5, 0.6) is 0 Å². The van der Waals surface area contributed by atoms with Crippen LogP contribution in [0.15, 0.2) is 48.0 Å². The van der Waals surface area contributed by atoms with Crippen LogP contribution in [0.25, 0.3) is 6.08 Å². The molecule has 2 aromatic carbocycles. The molecule has 1 N–H and O–H groups in total. The number of nitrogens with one attached hydrogen (secondary N) is 1. The van der Waals surface area contributed by atoms with E-state index in [-0.39, 0.29) is 5.57 Å².